The molecule has 2 aliphatic heterocycles. The molecule has 0 saturated heterocycles. The van der Waals surface area contributed by atoms with Crippen molar-refractivity contribution < 1.29 is 14.7 Å². The fourth-order valence-electron chi connectivity index (χ4n) is 4.36. The minimum Gasteiger partial charge on any atom is -0.499 e. The van der Waals surface area contributed by atoms with Crippen LogP contribution in [0.5, 0.6) is 0 Å². The molecular weight excluding hydrogens is 496 g/mol. The van der Waals surface area contributed by atoms with E-state index in [1.54, 1.807) is 17.8 Å². The van der Waals surface area contributed by atoms with Crippen LogP contribution in [-0.4, -0.2) is 35.0 Å². The average molecular weight is 537 g/mol. The molecule has 1 aromatic heterocycles. The summed E-state index contributed by atoms with van der Waals surface area (Å²) in [5, 5.41) is 14.8. The van der Waals surface area contributed by atoms with Crippen LogP contribution in [0.4, 0.5) is 0 Å². The van der Waals surface area contributed by atoms with Crippen LogP contribution in [0.1, 0.15) is 55.4 Å². The van der Waals surface area contributed by atoms with Crippen molar-refractivity contribution in [3.63, 3.8) is 0 Å². The number of hydrogen-bond acceptors (Lipinski definition) is 6. The smallest absolute Gasteiger partial charge is 0.267 e. The van der Waals surface area contributed by atoms with Crippen LogP contribution in [0.25, 0.3) is 17.0 Å². The van der Waals surface area contributed by atoms with Gasteiger partial charge in [-0.05, 0) is 78.8 Å². The first-order valence-electron chi connectivity index (χ1n) is 13.4. The highest BCUT2D eigenvalue weighted by Gasteiger charge is 2.17. The third-order valence-electron chi connectivity index (χ3n) is 6.17. The first-order chi connectivity index (χ1) is 18.6. The minimum absolute atomic E-state index is 0.534. The zero-order valence-electron chi connectivity index (χ0n) is 22.4. The molecule has 3 heterocycles. The number of nitrogens with one attached hydrogen (secondary N) is 3. The van der Waals surface area contributed by atoms with Crippen molar-refractivity contribution in [3.8, 4) is 0 Å². The number of H-pyrrole nitrogens is 1. The van der Waals surface area contributed by atoms with Gasteiger partial charge in [-0.25, -0.2) is 5.48 Å². The summed E-state index contributed by atoms with van der Waals surface area (Å²) in [4.78, 5) is 14.6. The fourth-order valence-corrected chi connectivity index (χ4v) is 5.41. The summed E-state index contributed by atoms with van der Waals surface area (Å²) in [6.45, 7) is 6.56. The van der Waals surface area contributed by atoms with Crippen LogP contribution < -0.4 is 16.5 Å². The van der Waals surface area contributed by atoms with Gasteiger partial charge in [-0.3, -0.25) is 10.0 Å². The van der Waals surface area contributed by atoms with E-state index in [0.717, 1.165) is 50.2 Å². The van der Waals surface area contributed by atoms with Gasteiger partial charge in [0.05, 0.1) is 11.6 Å². The number of amides is 1. The lowest BCUT2D eigenvalue weighted by atomic mass is 10.0. The van der Waals surface area contributed by atoms with Crippen molar-refractivity contribution in [2.24, 2.45) is 5.73 Å². The van der Waals surface area contributed by atoms with Crippen molar-refractivity contribution in [2.45, 2.75) is 57.5 Å². The predicted octanol–water partition coefficient (Wildman–Crippen LogP) is 5.68. The molecule has 2 aromatic carbocycles. The maximum atomic E-state index is 11.0. The highest BCUT2D eigenvalue weighted by molar-refractivity contribution is 7.99. The first-order valence-corrected chi connectivity index (χ1v) is 14.4. The average Bonchev–Trinajstić information content (AvgIpc) is 3.36. The molecule has 204 valence electrons. The number of hydrogen-bond donors (Lipinski definition) is 5. The van der Waals surface area contributed by atoms with Gasteiger partial charge in [-0.2, -0.15) is 0 Å². The normalized spacial score (nSPS) is 14.3. The number of carbonyl (C=O) groups is 1. The molecule has 0 saturated carbocycles. The second-order valence-corrected chi connectivity index (χ2v) is 9.97. The number of thioether (sulfide) groups is 1. The molecule has 0 atom stereocenters. The Morgan fingerprint density at radius 3 is 2.66 bits per heavy atom. The lowest BCUT2D eigenvalue weighted by molar-refractivity contribution is -0.124. The Kier molecular flexibility index (Phi) is 12.3. The Balaban J connectivity index is 0.000000381. The van der Waals surface area contributed by atoms with Gasteiger partial charge >= 0.3 is 0 Å². The molecule has 0 bridgehead atoms. The number of aromatic amines is 1. The quantitative estimate of drug-likeness (QED) is 0.115. The molecule has 0 spiro atoms. The number of aromatic nitrogens is 1. The van der Waals surface area contributed by atoms with Crippen molar-refractivity contribution in [3.05, 3.63) is 82.8 Å². The molecule has 0 unspecified atom stereocenters. The Morgan fingerprint density at radius 2 is 1.97 bits per heavy atom. The highest BCUT2D eigenvalue weighted by Crippen LogP contribution is 2.36. The van der Waals surface area contributed by atoms with Crippen LogP contribution in [0, 0.1) is 0 Å². The molecule has 0 aliphatic carbocycles. The lowest BCUT2D eigenvalue weighted by Gasteiger charge is -2.12. The molecule has 38 heavy (non-hydrogen) atoms. The van der Waals surface area contributed by atoms with Crippen molar-refractivity contribution in [2.75, 3.05) is 18.9 Å². The van der Waals surface area contributed by atoms with E-state index in [0.29, 0.717) is 0 Å². The number of ether oxygens (including phenoxy) is 1. The molecule has 3 aromatic rings. The van der Waals surface area contributed by atoms with Gasteiger partial charge in [0.15, 0.2) is 0 Å². The zero-order chi connectivity index (χ0) is 27.2. The minimum atomic E-state index is -0.534. The number of nitrogens with two attached hydrogens (primary N) is 1. The summed E-state index contributed by atoms with van der Waals surface area (Å²) < 4.78 is 4.89. The van der Waals surface area contributed by atoms with Crippen molar-refractivity contribution in [1.29, 1.82) is 0 Å². The van der Waals surface area contributed by atoms with E-state index >= 15 is 0 Å². The van der Waals surface area contributed by atoms with Gasteiger partial charge in [-0.15, -0.1) is 11.8 Å². The van der Waals surface area contributed by atoms with E-state index < -0.39 is 5.91 Å². The lowest BCUT2D eigenvalue weighted by Crippen LogP contribution is -2.16. The van der Waals surface area contributed by atoms with Crippen LogP contribution in [-0.2, 0) is 28.9 Å². The Hall–Kier alpha value is -3.20. The Morgan fingerprint density at radius 1 is 1.16 bits per heavy atom. The van der Waals surface area contributed by atoms with Crippen LogP contribution in [0.15, 0.2) is 65.5 Å². The third kappa shape index (κ3) is 8.68. The number of rotatable bonds is 7. The third-order valence-corrected chi connectivity index (χ3v) is 7.30. The number of benzene rings is 2. The van der Waals surface area contributed by atoms with Crippen LogP contribution in [0.2, 0.25) is 0 Å². The topological polar surface area (TPSA) is 112 Å². The van der Waals surface area contributed by atoms with E-state index in [-0.39, 0.29) is 0 Å². The number of allylic oxidation sites excluding steroid dienone is 1. The molecule has 2 aliphatic rings. The molecule has 0 fully saturated rings. The van der Waals surface area contributed by atoms with E-state index in [1.165, 1.54) is 57.3 Å². The summed E-state index contributed by atoms with van der Waals surface area (Å²) in [6, 6.07) is 14.6. The maximum absolute atomic E-state index is 11.0. The summed E-state index contributed by atoms with van der Waals surface area (Å²) in [6.07, 6.45) is 10.1. The van der Waals surface area contributed by atoms with Gasteiger partial charge in [0.25, 0.3) is 5.91 Å². The Labute approximate surface area is 229 Å². The maximum Gasteiger partial charge on any atom is 0.267 e. The number of fused-ring (bicyclic) bond motifs is 3. The number of carbonyl (C=O) groups excluding carboxylic acids is 1. The van der Waals surface area contributed by atoms with Gasteiger partial charge in [0.2, 0.25) is 0 Å². The summed E-state index contributed by atoms with van der Waals surface area (Å²) in [7, 11) is 0. The fraction of sp³-hybridized carbons (Fsp3) is 0.367. The standard InChI is InChI=1S/C23H25N3O2S.C5H9NO.C2H6/c27-21(26-28)11-10-16-6-8-17(9-7-16)15-24-13-12-18-3-1-5-20-22(18)19-4-2-14-29-23(19)25-20;6-5-2-1-3-7-4-5;1-2/h1,3,5-11,24-25,28H,2,4,12-15H2,(H,26,27);4H,1-3,6H2;1-2H3/b11-10+;;. The van der Waals surface area contributed by atoms with Gasteiger partial charge in [-0.1, -0.05) is 50.2 Å². The number of hydroxylamine groups is 1. The van der Waals surface area contributed by atoms with Gasteiger partial charge in [0.1, 0.15) is 6.26 Å². The number of aryl methyl sites for hydroxylation is 1. The predicted molar refractivity (Wildman–Crippen MR) is 157 cm³/mol. The van der Waals surface area contributed by atoms with E-state index in [4.69, 9.17) is 15.7 Å². The van der Waals surface area contributed by atoms with Gasteiger partial charge < -0.3 is 20.8 Å². The summed E-state index contributed by atoms with van der Waals surface area (Å²) >= 11 is 1.95. The Bertz CT molecular complexity index is 1220. The SMILES string of the molecule is CC.NC1=COCCC1.O=C(/C=C/c1ccc(CNCCc2cccc3[nH]c4c(c23)CCCS4)cc1)NO. The van der Waals surface area contributed by atoms with Gasteiger partial charge in [0, 0.05) is 29.2 Å². The summed E-state index contributed by atoms with van der Waals surface area (Å²) in [5.74, 6) is 0.674. The molecule has 6 N–H and O–H groups in total. The molecular formula is C30H40N4O3S. The van der Waals surface area contributed by atoms with E-state index in [1.807, 2.05) is 49.9 Å². The van der Waals surface area contributed by atoms with Crippen molar-refractivity contribution >= 4 is 34.6 Å². The largest absolute Gasteiger partial charge is 0.499 e. The molecule has 0 radical (unpaired) electrons. The van der Waals surface area contributed by atoms with E-state index in [2.05, 4.69) is 28.5 Å². The molecule has 8 heteroatoms. The summed E-state index contributed by atoms with van der Waals surface area (Å²) in [5.41, 5.74) is 14.1. The second-order valence-electron chi connectivity index (χ2n) is 8.87. The van der Waals surface area contributed by atoms with Crippen molar-refractivity contribution in [1.82, 2.24) is 15.8 Å². The monoisotopic (exact) mass is 536 g/mol. The van der Waals surface area contributed by atoms with Crippen LogP contribution >= 0.6 is 11.8 Å². The second kappa shape index (κ2) is 15.9. The highest BCUT2D eigenvalue weighted by atomic mass is 32.2. The van der Waals surface area contributed by atoms with Crippen LogP contribution in [0.3, 0.4) is 0 Å². The molecule has 7 nitrogen and oxygen atoms in total. The zero-order valence-corrected chi connectivity index (χ0v) is 23.2. The van der Waals surface area contributed by atoms with E-state index in [9.17, 15) is 4.79 Å². The molecule has 5 rings (SSSR count). The molecule has 1 amide bonds. The first kappa shape index (κ1) is 29.4.